The number of thioether (sulfide) groups is 1. The number of ether oxygens (including phenoxy) is 1. The molecule has 0 bridgehead atoms. The molecule has 1 unspecified atom stereocenters. The number of aliphatic imine (C=N–C) groups is 2. The van der Waals surface area contributed by atoms with E-state index in [1.165, 1.54) is 18.9 Å². The predicted octanol–water partition coefficient (Wildman–Crippen LogP) is 4.18. The first-order chi connectivity index (χ1) is 12.1. The van der Waals surface area contributed by atoms with Crippen LogP contribution in [0.5, 0.6) is 5.75 Å². The number of halogens is 1. The van der Waals surface area contributed by atoms with Crippen LogP contribution in [0.15, 0.2) is 28.2 Å². The second-order valence-electron chi connectivity index (χ2n) is 5.82. The van der Waals surface area contributed by atoms with E-state index in [0.29, 0.717) is 21.5 Å². The van der Waals surface area contributed by atoms with E-state index in [9.17, 15) is 9.59 Å². The summed E-state index contributed by atoms with van der Waals surface area (Å²) in [4.78, 5) is 32.0. The minimum absolute atomic E-state index is 0.0879. The fraction of sp³-hybridized carbons (Fsp3) is 0.412. The van der Waals surface area contributed by atoms with E-state index >= 15 is 0 Å². The van der Waals surface area contributed by atoms with Crippen molar-refractivity contribution in [3.05, 3.63) is 23.2 Å². The van der Waals surface area contributed by atoms with Gasteiger partial charge in [-0.1, -0.05) is 29.8 Å². The van der Waals surface area contributed by atoms with E-state index in [-0.39, 0.29) is 17.6 Å². The van der Waals surface area contributed by atoms with Gasteiger partial charge in [0.25, 0.3) is 0 Å². The summed E-state index contributed by atoms with van der Waals surface area (Å²) in [5.41, 5.74) is 1.42. The van der Waals surface area contributed by atoms with Gasteiger partial charge in [-0.25, -0.2) is 9.79 Å². The van der Waals surface area contributed by atoms with Crippen LogP contribution < -0.4 is 10.1 Å². The van der Waals surface area contributed by atoms with Crippen LogP contribution in [-0.4, -0.2) is 35.6 Å². The number of amides is 3. The van der Waals surface area contributed by atoms with Crippen LogP contribution >= 0.6 is 23.4 Å². The van der Waals surface area contributed by atoms with Gasteiger partial charge in [-0.05, 0) is 37.5 Å². The van der Waals surface area contributed by atoms with Gasteiger partial charge in [0, 0.05) is 16.7 Å². The Hall–Kier alpha value is -1.86. The molecule has 6 nitrogen and oxygen atoms in total. The number of rotatable bonds is 4. The highest BCUT2D eigenvalue weighted by Gasteiger charge is 2.30. The Morgan fingerprint density at radius 2 is 2.24 bits per heavy atom. The number of nitrogens with zero attached hydrogens (tertiary/aromatic N) is 2. The van der Waals surface area contributed by atoms with Crippen molar-refractivity contribution >= 4 is 51.7 Å². The number of benzene rings is 1. The molecule has 0 saturated heterocycles. The van der Waals surface area contributed by atoms with E-state index < -0.39 is 6.03 Å². The molecule has 1 atom stereocenters. The first kappa shape index (κ1) is 17.9. The first-order valence-corrected chi connectivity index (χ1v) is 9.39. The van der Waals surface area contributed by atoms with E-state index in [0.717, 1.165) is 31.4 Å². The van der Waals surface area contributed by atoms with Crippen molar-refractivity contribution in [2.24, 2.45) is 15.9 Å². The van der Waals surface area contributed by atoms with Crippen LogP contribution in [0.3, 0.4) is 0 Å². The molecule has 1 aromatic carbocycles. The van der Waals surface area contributed by atoms with Crippen molar-refractivity contribution in [2.75, 3.05) is 18.2 Å². The molecule has 0 spiro atoms. The lowest BCUT2D eigenvalue weighted by Gasteiger charge is -2.26. The number of anilines is 1. The van der Waals surface area contributed by atoms with Crippen LogP contribution in [0.2, 0.25) is 5.02 Å². The zero-order valence-electron chi connectivity index (χ0n) is 13.8. The van der Waals surface area contributed by atoms with E-state index in [1.54, 1.807) is 18.2 Å². The van der Waals surface area contributed by atoms with Crippen molar-refractivity contribution in [1.29, 1.82) is 0 Å². The zero-order valence-corrected chi connectivity index (χ0v) is 15.3. The van der Waals surface area contributed by atoms with Crippen LogP contribution in [0, 0.1) is 5.92 Å². The van der Waals surface area contributed by atoms with Gasteiger partial charge >= 0.3 is 6.03 Å². The molecule has 1 aromatic rings. The number of nitrogens with one attached hydrogen (secondary N) is 1. The number of hydrogen-bond donors (Lipinski definition) is 1. The number of fused-ring (bicyclic) bond motifs is 1. The zero-order chi connectivity index (χ0) is 17.8. The van der Waals surface area contributed by atoms with E-state index in [2.05, 4.69) is 15.3 Å². The quantitative estimate of drug-likeness (QED) is 0.850. The Labute approximate surface area is 155 Å². The third-order valence-corrected chi connectivity index (χ3v) is 5.42. The molecule has 0 aromatic heterocycles. The average Bonchev–Trinajstić information content (AvgIpc) is 2.59. The van der Waals surface area contributed by atoms with Crippen LogP contribution in [0.25, 0.3) is 0 Å². The fourth-order valence-corrected chi connectivity index (χ4v) is 4.07. The number of hydrogen-bond acceptors (Lipinski definition) is 4. The van der Waals surface area contributed by atoms with Gasteiger partial charge in [-0.15, -0.1) is 0 Å². The molecule has 25 heavy (non-hydrogen) atoms. The lowest BCUT2D eigenvalue weighted by molar-refractivity contribution is -0.113. The maximum absolute atomic E-state index is 12.3. The van der Waals surface area contributed by atoms with E-state index in [4.69, 9.17) is 16.3 Å². The van der Waals surface area contributed by atoms with E-state index in [1.807, 2.05) is 0 Å². The highest BCUT2D eigenvalue weighted by atomic mass is 35.5. The molecule has 1 N–H and O–H groups in total. The molecule has 2 aliphatic rings. The van der Waals surface area contributed by atoms with Crippen LogP contribution in [0.4, 0.5) is 10.5 Å². The highest BCUT2D eigenvalue weighted by Crippen LogP contribution is 2.31. The fourth-order valence-electron chi connectivity index (χ4n) is 2.95. The van der Waals surface area contributed by atoms with Crippen molar-refractivity contribution in [3.63, 3.8) is 0 Å². The minimum Gasteiger partial charge on any atom is -0.495 e. The predicted molar refractivity (Wildman–Crippen MR) is 101 cm³/mol. The SMILES string of the molecule is COc1ccc(Cl)cc1NC(=O)CSC1=NC(=O)N=C2CCCCC21. The first-order valence-electron chi connectivity index (χ1n) is 8.03. The summed E-state index contributed by atoms with van der Waals surface area (Å²) >= 11 is 7.26. The molecule has 1 fully saturated rings. The van der Waals surface area contributed by atoms with Crippen LogP contribution in [0.1, 0.15) is 25.7 Å². The van der Waals surface area contributed by atoms with Gasteiger partial charge in [0.1, 0.15) is 5.75 Å². The van der Waals surface area contributed by atoms with Gasteiger partial charge in [0.2, 0.25) is 5.91 Å². The molecule has 1 aliphatic carbocycles. The summed E-state index contributed by atoms with van der Waals surface area (Å²) < 4.78 is 5.22. The lowest BCUT2D eigenvalue weighted by Crippen LogP contribution is -2.31. The summed E-state index contributed by atoms with van der Waals surface area (Å²) in [7, 11) is 1.53. The Balaban J connectivity index is 1.62. The van der Waals surface area contributed by atoms with Crippen molar-refractivity contribution in [3.8, 4) is 5.75 Å². The molecule has 1 saturated carbocycles. The average molecular weight is 380 g/mol. The summed E-state index contributed by atoms with van der Waals surface area (Å²) in [6.45, 7) is 0. The maximum Gasteiger partial charge on any atom is 0.367 e. The summed E-state index contributed by atoms with van der Waals surface area (Å²) in [5.74, 6) is 0.575. The van der Waals surface area contributed by atoms with Gasteiger partial charge < -0.3 is 10.1 Å². The third kappa shape index (κ3) is 4.41. The topological polar surface area (TPSA) is 80.1 Å². The number of urea groups is 1. The van der Waals surface area contributed by atoms with Crippen molar-refractivity contribution in [2.45, 2.75) is 25.7 Å². The molecule has 3 rings (SSSR count). The van der Waals surface area contributed by atoms with Crippen molar-refractivity contribution < 1.29 is 14.3 Å². The Bertz CT molecular complexity index is 764. The minimum atomic E-state index is -0.465. The highest BCUT2D eigenvalue weighted by molar-refractivity contribution is 8.14. The van der Waals surface area contributed by atoms with Crippen molar-refractivity contribution in [1.82, 2.24) is 0 Å². The lowest BCUT2D eigenvalue weighted by atomic mass is 9.87. The van der Waals surface area contributed by atoms with Gasteiger partial charge in [0.05, 0.1) is 23.6 Å². The van der Waals surface area contributed by atoms with Gasteiger partial charge in [-0.2, -0.15) is 4.99 Å². The summed E-state index contributed by atoms with van der Waals surface area (Å²) in [5, 5.41) is 3.99. The normalized spacial score (nSPS) is 19.6. The molecule has 3 amide bonds. The Kier molecular flexibility index (Phi) is 5.75. The largest absolute Gasteiger partial charge is 0.495 e. The van der Waals surface area contributed by atoms with Gasteiger partial charge in [0.15, 0.2) is 0 Å². The molecule has 8 heteroatoms. The molecule has 0 radical (unpaired) electrons. The number of methoxy groups -OCH3 is 1. The van der Waals surface area contributed by atoms with Gasteiger partial charge in [-0.3, -0.25) is 4.79 Å². The molecule has 132 valence electrons. The monoisotopic (exact) mass is 379 g/mol. The number of carbonyl (C=O) groups is 2. The number of carbonyl (C=O) groups excluding carboxylic acids is 2. The second kappa shape index (κ2) is 8.01. The maximum atomic E-state index is 12.3. The third-order valence-electron chi connectivity index (χ3n) is 4.11. The molecule has 1 heterocycles. The second-order valence-corrected chi connectivity index (χ2v) is 7.25. The summed E-state index contributed by atoms with van der Waals surface area (Å²) in [6.07, 6.45) is 3.91. The molecular formula is C17H18ClN3O3S. The standard InChI is InChI=1S/C17H18ClN3O3S/c1-24-14-7-6-10(18)8-13(14)19-15(22)9-25-16-11-4-2-3-5-12(11)20-17(23)21-16/h6-8,11H,2-5,9H2,1H3,(H,19,22). The Morgan fingerprint density at radius 3 is 3.04 bits per heavy atom. The molecule has 1 aliphatic heterocycles. The smallest absolute Gasteiger partial charge is 0.367 e. The Morgan fingerprint density at radius 1 is 1.40 bits per heavy atom. The summed E-state index contributed by atoms with van der Waals surface area (Å²) in [6, 6.07) is 4.56. The van der Waals surface area contributed by atoms with Crippen LogP contribution in [-0.2, 0) is 4.79 Å². The molecular weight excluding hydrogens is 362 g/mol.